The summed E-state index contributed by atoms with van der Waals surface area (Å²) < 4.78 is 3.72. The molecule has 1 saturated heterocycles. The summed E-state index contributed by atoms with van der Waals surface area (Å²) in [6.07, 6.45) is 9.24. The molecule has 2 unspecified atom stereocenters. The second kappa shape index (κ2) is 9.54. The highest BCUT2D eigenvalue weighted by Crippen LogP contribution is 2.26. The number of rotatable bonds is 5. The molecule has 2 atom stereocenters. The number of aromatic nitrogens is 4. The second-order valence-corrected chi connectivity index (χ2v) is 7.23. The van der Waals surface area contributed by atoms with Crippen LogP contribution in [-0.4, -0.2) is 76.1 Å². The topological polar surface area (TPSA) is 66.5 Å². The molecule has 0 spiro atoms. The van der Waals surface area contributed by atoms with Crippen LogP contribution >= 0.6 is 24.0 Å². The van der Waals surface area contributed by atoms with Crippen LogP contribution in [0, 0.1) is 0 Å². The summed E-state index contributed by atoms with van der Waals surface area (Å²) in [5, 5.41) is 12.2. The van der Waals surface area contributed by atoms with Crippen molar-refractivity contribution in [3.63, 3.8) is 0 Å². The molecule has 2 aromatic heterocycles. The van der Waals surface area contributed by atoms with Crippen LogP contribution in [0.5, 0.6) is 0 Å². The maximum absolute atomic E-state index is 4.50. The number of halogens is 1. The monoisotopic (exact) mass is 486 g/mol. The number of nitrogens with one attached hydrogen (secondary N) is 1. The van der Waals surface area contributed by atoms with Crippen molar-refractivity contribution in [2.24, 2.45) is 19.1 Å². The summed E-state index contributed by atoms with van der Waals surface area (Å²) >= 11 is 0. The first kappa shape index (κ1) is 21.7. The van der Waals surface area contributed by atoms with E-state index in [1.165, 1.54) is 11.1 Å². The van der Waals surface area contributed by atoms with Gasteiger partial charge in [0.05, 0.1) is 18.4 Å². The molecule has 3 rings (SSSR count). The van der Waals surface area contributed by atoms with Crippen LogP contribution in [0.25, 0.3) is 0 Å². The number of aryl methyl sites for hydroxylation is 2. The smallest absolute Gasteiger partial charge is 0.193 e. The van der Waals surface area contributed by atoms with Crippen LogP contribution in [0.2, 0.25) is 0 Å². The molecular formula is C18H31IN8. The number of likely N-dealkylation sites (tertiary alicyclic amines) is 1. The Bertz CT molecular complexity index is 750. The zero-order valence-corrected chi connectivity index (χ0v) is 19.2. The third-order valence-electron chi connectivity index (χ3n) is 5.08. The highest BCUT2D eigenvalue weighted by molar-refractivity contribution is 14.0. The fraction of sp³-hybridized carbons (Fsp3) is 0.611. The molecule has 0 bridgehead atoms. The summed E-state index contributed by atoms with van der Waals surface area (Å²) in [5.41, 5.74) is 2.52. The lowest BCUT2D eigenvalue weighted by molar-refractivity contribution is 0.295. The molecule has 27 heavy (non-hydrogen) atoms. The van der Waals surface area contributed by atoms with E-state index >= 15 is 0 Å². The lowest BCUT2D eigenvalue weighted by Gasteiger charge is -2.27. The molecule has 0 aromatic carbocycles. The molecule has 8 nitrogen and oxygen atoms in total. The van der Waals surface area contributed by atoms with Gasteiger partial charge in [0.1, 0.15) is 0 Å². The highest BCUT2D eigenvalue weighted by atomic mass is 127. The Hall–Kier alpha value is -1.62. The molecular weight excluding hydrogens is 455 g/mol. The van der Waals surface area contributed by atoms with Gasteiger partial charge >= 0.3 is 0 Å². The van der Waals surface area contributed by atoms with E-state index in [0.29, 0.717) is 5.92 Å². The Morgan fingerprint density at radius 2 is 1.96 bits per heavy atom. The minimum Gasteiger partial charge on any atom is -0.354 e. The average molecular weight is 486 g/mol. The minimum atomic E-state index is 0. The van der Waals surface area contributed by atoms with E-state index in [1.54, 1.807) is 0 Å². The zero-order valence-electron chi connectivity index (χ0n) is 16.8. The fourth-order valence-corrected chi connectivity index (χ4v) is 3.61. The van der Waals surface area contributed by atoms with Crippen molar-refractivity contribution in [2.75, 3.05) is 40.8 Å². The Balaban J connectivity index is 0.00000261. The number of likely N-dealkylation sites (N-methyl/N-ethyl adjacent to an activating group) is 1. The van der Waals surface area contributed by atoms with E-state index < -0.39 is 0 Å². The predicted molar refractivity (Wildman–Crippen MR) is 119 cm³/mol. The molecule has 3 heterocycles. The average Bonchev–Trinajstić information content (AvgIpc) is 3.32. The van der Waals surface area contributed by atoms with E-state index in [9.17, 15) is 0 Å². The first-order valence-electron chi connectivity index (χ1n) is 9.07. The van der Waals surface area contributed by atoms with E-state index in [2.05, 4.69) is 56.8 Å². The number of hydrogen-bond acceptors (Lipinski definition) is 4. The molecule has 1 aliphatic heterocycles. The van der Waals surface area contributed by atoms with Gasteiger partial charge in [0, 0.05) is 64.7 Å². The molecule has 1 fully saturated rings. The summed E-state index contributed by atoms with van der Waals surface area (Å²) in [7, 11) is 9.96. The summed E-state index contributed by atoms with van der Waals surface area (Å²) in [6, 6.07) is 0.247. The van der Waals surface area contributed by atoms with Crippen molar-refractivity contribution in [3.05, 3.63) is 35.9 Å². The van der Waals surface area contributed by atoms with Gasteiger partial charge in [0.15, 0.2) is 5.96 Å². The van der Waals surface area contributed by atoms with Crippen molar-refractivity contribution >= 4 is 29.9 Å². The molecule has 0 saturated carbocycles. The van der Waals surface area contributed by atoms with Crippen molar-refractivity contribution < 1.29 is 0 Å². The number of guanidine groups is 1. The molecule has 2 aromatic rings. The quantitative estimate of drug-likeness (QED) is 0.394. The predicted octanol–water partition coefficient (Wildman–Crippen LogP) is 1.44. The van der Waals surface area contributed by atoms with Gasteiger partial charge in [-0.3, -0.25) is 14.4 Å². The molecule has 1 aliphatic rings. The Labute approximate surface area is 178 Å². The van der Waals surface area contributed by atoms with Crippen LogP contribution in [0.4, 0.5) is 0 Å². The Kier molecular flexibility index (Phi) is 7.66. The lowest BCUT2D eigenvalue weighted by atomic mass is 10.0. The third kappa shape index (κ3) is 5.22. The van der Waals surface area contributed by atoms with E-state index in [1.807, 2.05) is 42.9 Å². The van der Waals surface area contributed by atoms with Crippen molar-refractivity contribution in [2.45, 2.75) is 18.4 Å². The van der Waals surface area contributed by atoms with E-state index in [0.717, 1.165) is 32.0 Å². The van der Waals surface area contributed by atoms with Crippen LogP contribution in [-0.2, 0) is 14.1 Å². The second-order valence-electron chi connectivity index (χ2n) is 7.23. The SMILES string of the molecule is CN=C(NCC(c1cnn(C)c1)N(C)C)N1CCC(c2cnn(C)c2)C1.I. The third-order valence-corrected chi connectivity index (χ3v) is 5.08. The van der Waals surface area contributed by atoms with Gasteiger partial charge in [-0.1, -0.05) is 0 Å². The summed E-state index contributed by atoms with van der Waals surface area (Å²) in [5.74, 6) is 1.48. The molecule has 0 aliphatic carbocycles. The molecule has 1 N–H and O–H groups in total. The van der Waals surface area contributed by atoms with Gasteiger partial charge in [-0.15, -0.1) is 24.0 Å². The standard InChI is InChI=1S/C18H30N8.HI/c1-19-18(20-10-17(23(2)3)16-9-22-25(5)12-16)26-7-6-14(13-26)15-8-21-24(4)11-15;/h8-9,11-12,14,17H,6-7,10,13H2,1-5H3,(H,19,20);1H. The van der Waals surface area contributed by atoms with Gasteiger partial charge in [0.2, 0.25) is 0 Å². The maximum atomic E-state index is 4.50. The molecule has 150 valence electrons. The van der Waals surface area contributed by atoms with Gasteiger partial charge in [0.25, 0.3) is 0 Å². The number of nitrogens with zero attached hydrogens (tertiary/aromatic N) is 7. The first-order valence-corrected chi connectivity index (χ1v) is 9.07. The van der Waals surface area contributed by atoms with E-state index in [-0.39, 0.29) is 30.0 Å². The number of hydrogen-bond donors (Lipinski definition) is 1. The van der Waals surface area contributed by atoms with E-state index in [4.69, 9.17) is 0 Å². The molecule has 9 heteroatoms. The van der Waals surface area contributed by atoms with Gasteiger partial charge in [-0.05, 0) is 26.1 Å². The largest absolute Gasteiger partial charge is 0.354 e. The minimum absolute atomic E-state index is 0. The van der Waals surface area contributed by atoms with Gasteiger partial charge < -0.3 is 15.1 Å². The van der Waals surface area contributed by atoms with Crippen LogP contribution < -0.4 is 5.32 Å². The van der Waals surface area contributed by atoms with Crippen molar-refractivity contribution in [1.82, 2.24) is 34.7 Å². The molecule has 0 radical (unpaired) electrons. The fourth-order valence-electron chi connectivity index (χ4n) is 3.61. The van der Waals surface area contributed by atoms with Crippen LogP contribution in [0.1, 0.15) is 29.5 Å². The molecule has 0 amide bonds. The first-order chi connectivity index (χ1) is 12.5. The Morgan fingerprint density at radius 1 is 1.26 bits per heavy atom. The van der Waals surface area contributed by atoms with Crippen molar-refractivity contribution in [3.8, 4) is 0 Å². The zero-order chi connectivity index (χ0) is 18.7. The summed E-state index contributed by atoms with van der Waals surface area (Å²) in [6.45, 7) is 2.78. The highest BCUT2D eigenvalue weighted by Gasteiger charge is 2.27. The van der Waals surface area contributed by atoms with Crippen LogP contribution in [0.15, 0.2) is 29.8 Å². The maximum Gasteiger partial charge on any atom is 0.193 e. The van der Waals surface area contributed by atoms with Crippen molar-refractivity contribution in [1.29, 1.82) is 0 Å². The summed E-state index contributed by atoms with van der Waals surface area (Å²) in [4.78, 5) is 9.05. The normalized spacial score (nSPS) is 18.7. The van der Waals surface area contributed by atoms with Gasteiger partial charge in [-0.2, -0.15) is 10.2 Å². The Morgan fingerprint density at radius 3 is 2.52 bits per heavy atom. The van der Waals surface area contributed by atoms with Gasteiger partial charge in [-0.25, -0.2) is 0 Å². The van der Waals surface area contributed by atoms with Crippen LogP contribution in [0.3, 0.4) is 0 Å². The lowest BCUT2D eigenvalue weighted by Crippen LogP contribution is -2.43. The number of aliphatic imine (C=N–C) groups is 1.